The number of amides is 2. The molecule has 1 aliphatic rings. The molecule has 2 N–H and O–H groups in total. The van der Waals surface area contributed by atoms with Gasteiger partial charge < -0.3 is 20.1 Å². The summed E-state index contributed by atoms with van der Waals surface area (Å²) in [5, 5.41) is 14.6. The average Bonchev–Trinajstić information content (AvgIpc) is 2.88. The van der Waals surface area contributed by atoms with Crippen LogP contribution in [0, 0.1) is 0 Å². The second-order valence-corrected chi connectivity index (χ2v) is 8.97. The molecule has 1 heterocycles. The second-order valence-electron chi connectivity index (χ2n) is 8.97. The van der Waals surface area contributed by atoms with Crippen LogP contribution in [0.4, 0.5) is 4.79 Å². The minimum absolute atomic E-state index is 0.130. The molecule has 1 atom stereocenters. The maximum atomic E-state index is 13.4. The molecule has 1 aliphatic heterocycles. The molecule has 3 aromatic carbocycles. The van der Waals surface area contributed by atoms with Gasteiger partial charge in [0, 0.05) is 32.7 Å². The van der Waals surface area contributed by atoms with Crippen molar-refractivity contribution in [3.8, 4) is 0 Å². The largest absolute Gasteiger partial charge is 0.478 e. The highest BCUT2D eigenvalue weighted by atomic mass is 16.5. The van der Waals surface area contributed by atoms with Crippen molar-refractivity contribution in [2.75, 3.05) is 39.4 Å². The van der Waals surface area contributed by atoms with Crippen LogP contribution in [-0.4, -0.2) is 66.3 Å². The molecule has 7 nitrogen and oxygen atoms in total. The predicted octanol–water partition coefficient (Wildman–Crippen LogP) is 4.53. The molecule has 184 valence electrons. The first kappa shape index (κ1) is 24.7. The van der Waals surface area contributed by atoms with Crippen LogP contribution in [0.15, 0.2) is 66.7 Å². The number of rotatable bonds is 9. The number of morpholine rings is 1. The van der Waals surface area contributed by atoms with Crippen LogP contribution in [0.1, 0.15) is 40.9 Å². The number of hydrogen-bond donors (Lipinski definition) is 2. The van der Waals surface area contributed by atoms with Crippen LogP contribution in [-0.2, 0) is 11.3 Å². The number of benzene rings is 3. The van der Waals surface area contributed by atoms with Crippen LogP contribution < -0.4 is 5.32 Å². The summed E-state index contributed by atoms with van der Waals surface area (Å²) in [5.74, 6) is -0.958. The molecule has 35 heavy (non-hydrogen) atoms. The Hall–Kier alpha value is -3.42. The summed E-state index contributed by atoms with van der Waals surface area (Å²) in [6, 6.07) is 20.8. The third-order valence-corrected chi connectivity index (χ3v) is 6.50. The number of aromatic carboxylic acids is 1. The van der Waals surface area contributed by atoms with E-state index in [0.29, 0.717) is 13.1 Å². The molecular formula is C28H33N3O4. The minimum atomic E-state index is -0.958. The minimum Gasteiger partial charge on any atom is -0.478 e. The lowest BCUT2D eigenvalue weighted by Gasteiger charge is -2.29. The van der Waals surface area contributed by atoms with Crippen molar-refractivity contribution < 1.29 is 19.4 Å². The van der Waals surface area contributed by atoms with Crippen molar-refractivity contribution in [3.63, 3.8) is 0 Å². The van der Waals surface area contributed by atoms with Crippen LogP contribution >= 0.6 is 0 Å². The Labute approximate surface area is 206 Å². The molecule has 2 amide bonds. The summed E-state index contributed by atoms with van der Waals surface area (Å²) in [6.45, 7) is 7.27. The first-order chi connectivity index (χ1) is 17.0. The molecule has 0 aliphatic carbocycles. The summed E-state index contributed by atoms with van der Waals surface area (Å²) in [6.07, 6.45) is 0.850. The van der Waals surface area contributed by atoms with E-state index in [1.54, 1.807) is 24.3 Å². The smallest absolute Gasteiger partial charge is 0.335 e. The van der Waals surface area contributed by atoms with Gasteiger partial charge in [0.15, 0.2) is 0 Å². The van der Waals surface area contributed by atoms with Crippen LogP contribution in [0.3, 0.4) is 0 Å². The highest BCUT2D eigenvalue weighted by Crippen LogP contribution is 2.24. The third-order valence-electron chi connectivity index (χ3n) is 6.50. The van der Waals surface area contributed by atoms with E-state index in [1.807, 2.05) is 30.0 Å². The maximum absolute atomic E-state index is 13.4. The number of fused-ring (bicyclic) bond motifs is 1. The topological polar surface area (TPSA) is 82.1 Å². The zero-order chi connectivity index (χ0) is 24.6. The van der Waals surface area contributed by atoms with Crippen LogP contribution in [0.2, 0.25) is 0 Å². The Morgan fingerprint density at radius 1 is 1.03 bits per heavy atom. The molecule has 0 aromatic heterocycles. The van der Waals surface area contributed by atoms with E-state index in [9.17, 15) is 14.7 Å². The van der Waals surface area contributed by atoms with E-state index in [1.165, 1.54) is 0 Å². The lowest BCUT2D eigenvalue weighted by Crippen LogP contribution is -2.43. The van der Waals surface area contributed by atoms with E-state index >= 15 is 0 Å². The fraction of sp³-hybridized carbons (Fsp3) is 0.357. The van der Waals surface area contributed by atoms with Gasteiger partial charge in [-0.25, -0.2) is 9.59 Å². The van der Waals surface area contributed by atoms with E-state index in [-0.39, 0.29) is 17.6 Å². The van der Waals surface area contributed by atoms with Gasteiger partial charge in [-0.2, -0.15) is 0 Å². The first-order valence-corrected chi connectivity index (χ1v) is 12.2. The Morgan fingerprint density at radius 3 is 2.49 bits per heavy atom. The number of nitrogens with zero attached hydrogens (tertiary/aromatic N) is 2. The fourth-order valence-corrected chi connectivity index (χ4v) is 4.52. The highest BCUT2D eigenvalue weighted by Gasteiger charge is 2.19. The van der Waals surface area contributed by atoms with Gasteiger partial charge in [-0.1, -0.05) is 54.6 Å². The zero-order valence-electron chi connectivity index (χ0n) is 20.2. The van der Waals surface area contributed by atoms with E-state index in [2.05, 4.69) is 34.5 Å². The number of carbonyl (C=O) groups is 2. The lowest BCUT2D eigenvalue weighted by atomic mass is 10.00. The normalized spacial score (nSPS) is 15.0. The number of carboxylic acids is 1. The molecule has 0 saturated carbocycles. The van der Waals surface area contributed by atoms with Gasteiger partial charge in [0.2, 0.25) is 0 Å². The van der Waals surface area contributed by atoms with Gasteiger partial charge in [-0.3, -0.25) is 4.90 Å². The quantitative estimate of drug-likeness (QED) is 0.475. The molecule has 4 rings (SSSR count). The number of carboxylic acid groups (broad SMARTS) is 1. The van der Waals surface area contributed by atoms with Gasteiger partial charge >= 0.3 is 12.0 Å². The molecule has 1 fully saturated rings. The van der Waals surface area contributed by atoms with E-state index in [0.717, 1.165) is 61.2 Å². The molecule has 0 spiro atoms. The number of hydrogen-bond acceptors (Lipinski definition) is 4. The molecule has 0 radical (unpaired) electrons. The summed E-state index contributed by atoms with van der Waals surface area (Å²) in [5.41, 5.74) is 2.21. The van der Waals surface area contributed by atoms with Crippen molar-refractivity contribution in [1.82, 2.24) is 15.1 Å². The number of nitrogens with one attached hydrogen (secondary N) is 1. The van der Waals surface area contributed by atoms with Crippen molar-refractivity contribution in [3.05, 3.63) is 83.4 Å². The lowest BCUT2D eigenvalue weighted by molar-refractivity contribution is 0.0364. The van der Waals surface area contributed by atoms with Gasteiger partial charge in [0.25, 0.3) is 0 Å². The number of carbonyl (C=O) groups excluding carboxylic acids is 1. The van der Waals surface area contributed by atoms with Gasteiger partial charge in [-0.15, -0.1) is 0 Å². The molecule has 7 heteroatoms. The second kappa shape index (κ2) is 11.8. The van der Waals surface area contributed by atoms with Gasteiger partial charge in [0.1, 0.15) is 0 Å². The average molecular weight is 476 g/mol. The standard InChI is InChI=1S/C28H33N3O4/c1-21(25-9-4-7-23-6-2-3-8-26(23)25)29-28(34)31(15-5-14-30-16-18-35-19-17-30)20-22-10-12-24(13-11-22)27(32)33/h2-4,6-13,21H,5,14-20H2,1H3,(H,29,34)(H,32,33)/t21-/m0/s1. The van der Waals surface area contributed by atoms with Gasteiger partial charge in [-0.05, 0) is 47.4 Å². The SMILES string of the molecule is C[C@H](NC(=O)N(CCCN1CCOCC1)Cc1ccc(C(=O)O)cc1)c1cccc2ccccc12. The molecule has 3 aromatic rings. The predicted molar refractivity (Wildman–Crippen MR) is 137 cm³/mol. The van der Waals surface area contributed by atoms with E-state index in [4.69, 9.17) is 4.74 Å². The Bertz CT molecular complexity index is 1140. The Balaban J connectivity index is 1.45. The van der Waals surface area contributed by atoms with E-state index < -0.39 is 5.97 Å². The molecule has 0 bridgehead atoms. The van der Waals surface area contributed by atoms with Crippen molar-refractivity contribution in [2.45, 2.75) is 25.9 Å². The van der Waals surface area contributed by atoms with Crippen molar-refractivity contribution in [2.24, 2.45) is 0 Å². The Morgan fingerprint density at radius 2 is 1.74 bits per heavy atom. The van der Waals surface area contributed by atoms with Crippen molar-refractivity contribution in [1.29, 1.82) is 0 Å². The summed E-state index contributed by atoms with van der Waals surface area (Å²) >= 11 is 0. The third kappa shape index (κ3) is 6.59. The molecule has 1 saturated heterocycles. The van der Waals surface area contributed by atoms with Crippen LogP contribution in [0.5, 0.6) is 0 Å². The van der Waals surface area contributed by atoms with Crippen LogP contribution in [0.25, 0.3) is 10.8 Å². The van der Waals surface area contributed by atoms with Gasteiger partial charge in [0.05, 0.1) is 24.8 Å². The zero-order valence-corrected chi connectivity index (χ0v) is 20.2. The fourth-order valence-electron chi connectivity index (χ4n) is 4.52. The maximum Gasteiger partial charge on any atom is 0.335 e. The number of urea groups is 1. The molecular weight excluding hydrogens is 442 g/mol. The summed E-state index contributed by atoms with van der Waals surface area (Å²) < 4.78 is 5.43. The van der Waals surface area contributed by atoms with Crippen molar-refractivity contribution >= 4 is 22.8 Å². The summed E-state index contributed by atoms with van der Waals surface area (Å²) in [4.78, 5) is 28.8. The monoisotopic (exact) mass is 475 g/mol. The number of ether oxygens (including phenoxy) is 1. The first-order valence-electron chi connectivity index (χ1n) is 12.2. The Kier molecular flexibility index (Phi) is 8.34. The summed E-state index contributed by atoms with van der Waals surface area (Å²) in [7, 11) is 0. The highest BCUT2D eigenvalue weighted by molar-refractivity contribution is 5.88. The molecule has 0 unspecified atom stereocenters.